The normalized spacial score (nSPS) is 10.1. The van der Waals surface area contributed by atoms with E-state index in [-0.39, 0.29) is 11.4 Å². The first-order valence-corrected chi connectivity index (χ1v) is 9.02. The van der Waals surface area contributed by atoms with Gasteiger partial charge >= 0.3 is 5.97 Å². The molecule has 0 spiro atoms. The van der Waals surface area contributed by atoms with Crippen LogP contribution in [0.15, 0.2) is 42.5 Å². The highest BCUT2D eigenvalue weighted by Gasteiger charge is 2.18. The number of esters is 1. The smallest absolute Gasteiger partial charge is 0.325 e. The Labute approximate surface area is 172 Å². The lowest BCUT2D eigenvalue weighted by molar-refractivity contribution is -0.384. The van der Waals surface area contributed by atoms with Gasteiger partial charge in [-0.15, -0.1) is 0 Å². The largest absolute Gasteiger partial charge is 0.494 e. The molecule has 0 radical (unpaired) electrons. The number of para-hydroxylation sites is 1. The third kappa shape index (κ3) is 6.30. The number of nitrogens with zero attached hydrogens (tertiary/aromatic N) is 1. The van der Waals surface area contributed by atoms with Crippen LogP contribution in [-0.4, -0.2) is 42.5 Å². The number of carbonyl (C=O) groups is 3. The number of anilines is 1. The number of amides is 2. The van der Waals surface area contributed by atoms with E-state index in [0.29, 0.717) is 23.5 Å². The zero-order valence-electron chi connectivity index (χ0n) is 16.5. The van der Waals surface area contributed by atoms with E-state index in [4.69, 9.17) is 9.47 Å². The molecule has 0 atom stereocenters. The lowest BCUT2D eigenvalue weighted by atomic mass is 10.1. The summed E-state index contributed by atoms with van der Waals surface area (Å²) in [7, 11) is 0. The molecular weight excluding hydrogens is 394 g/mol. The summed E-state index contributed by atoms with van der Waals surface area (Å²) >= 11 is 0. The molecule has 2 rings (SSSR count). The summed E-state index contributed by atoms with van der Waals surface area (Å²) in [6.45, 7) is 2.86. The van der Waals surface area contributed by atoms with Crippen molar-refractivity contribution in [2.24, 2.45) is 0 Å². The number of nitro groups is 1. The van der Waals surface area contributed by atoms with Gasteiger partial charge < -0.3 is 20.1 Å². The number of nitrogens with one attached hydrogen (secondary N) is 2. The maximum Gasteiger partial charge on any atom is 0.325 e. The first-order chi connectivity index (χ1) is 14.3. The first kappa shape index (κ1) is 22.3. The Balaban J connectivity index is 1.81. The van der Waals surface area contributed by atoms with Gasteiger partial charge in [0.2, 0.25) is 0 Å². The van der Waals surface area contributed by atoms with Crippen LogP contribution < -0.4 is 15.4 Å². The van der Waals surface area contributed by atoms with Crippen LogP contribution >= 0.6 is 0 Å². The molecule has 2 N–H and O–H groups in total. The van der Waals surface area contributed by atoms with E-state index < -0.39 is 35.9 Å². The van der Waals surface area contributed by atoms with Crippen LogP contribution in [0.4, 0.5) is 11.4 Å². The van der Waals surface area contributed by atoms with Crippen molar-refractivity contribution in [1.82, 2.24) is 5.32 Å². The average molecular weight is 415 g/mol. The molecule has 30 heavy (non-hydrogen) atoms. The lowest BCUT2D eigenvalue weighted by Crippen LogP contribution is -2.32. The van der Waals surface area contributed by atoms with Crippen LogP contribution in [0.3, 0.4) is 0 Å². The van der Waals surface area contributed by atoms with Gasteiger partial charge in [-0.2, -0.15) is 0 Å². The molecule has 158 valence electrons. The Morgan fingerprint density at radius 1 is 1.10 bits per heavy atom. The van der Waals surface area contributed by atoms with E-state index >= 15 is 0 Å². The highest BCUT2D eigenvalue weighted by molar-refractivity contribution is 5.97. The molecule has 10 nitrogen and oxygen atoms in total. The highest BCUT2D eigenvalue weighted by atomic mass is 16.6. The second-order valence-corrected chi connectivity index (χ2v) is 6.08. The fraction of sp³-hybridized carbons (Fsp3) is 0.250. The Hall–Kier alpha value is -3.95. The standard InChI is InChI=1S/C20H21N3O7/c1-3-29-15-9-7-14(8-10-15)20(26)21-11-18(25)30-12-17(24)22-19-13(2)5-4-6-16(19)23(27)28/h4-10H,3,11-12H2,1-2H3,(H,21,26)(H,22,24). The van der Waals surface area contributed by atoms with E-state index in [1.54, 1.807) is 37.3 Å². The maximum absolute atomic E-state index is 12.0. The molecule has 0 unspecified atom stereocenters. The van der Waals surface area contributed by atoms with E-state index in [9.17, 15) is 24.5 Å². The summed E-state index contributed by atoms with van der Waals surface area (Å²) in [4.78, 5) is 46.2. The van der Waals surface area contributed by atoms with E-state index in [0.717, 1.165) is 0 Å². The van der Waals surface area contributed by atoms with Crippen LogP contribution in [0.1, 0.15) is 22.8 Å². The first-order valence-electron chi connectivity index (χ1n) is 9.02. The van der Waals surface area contributed by atoms with Crippen molar-refractivity contribution < 1.29 is 28.8 Å². The van der Waals surface area contributed by atoms with Crippen molar-refractivity contribution in [3.63, 3.8) is 0 Å². The van der Waals surface area contributed by atoms with Crippen molar-refractivity contribution in [2.45, 2.75) is 13.8 Å². The van der Waals surface area contributed by atoms with Crippen LogP contribution in [-0.2, 0) is 14.3 Å². The van der Waals surface area contributed by atoms with Gasteiger partial charge in [0.15, 0.2) is 6.61 Å². The number of hydrogen-bond donors (Lipinski definition) is 2. The average Bonchev–Trinajstić information content (AvgIpc) is 2.72. The molecule has 2 amide bonds. The summed E-state index contributed by atoms with van der Waals surface area (Å²) in [5.74, 6) is -1.44. The molecule has 0 saturated heterocycles. The molecule has 0 saturated carbocycles. The van der Waals surface area contributed by atoms with Gasteiger partial charge in [-0.05, 0) is 43.7 Å². The molecule has 2 aromatic rings. The second-order valence-electron chi connectivity index (χ2n) is 6.08. The number of ether oxygens (including phenoxy) is 2. The molecule has 0 aliphatic carbocycles. The number of nitro benzene ring substituents is 1. The van der Waals surface area contributed by atoms with Crippen molar-refractivity contribution in [3.8, 4) is 5.75 Å². The van der Waals surface area contributed by atoms with E-state index in [1.165, 1.54) is 12.1 Å². The molecule has 0 heterocycles. The topological polar surface area (TPSA) is 137 Å². The van der Waals surface area contributed by atoms with Gasteiger partial charge in [-0.25, -0.2) is 0 Å². The molecule has 0 aromatic heterocycles. The summed E-state index contributed by atoms with van der Waals surface area (Å²) in [5.41, 5.74) is 0.590. The third-order valence-corrected chi connectivity index (χ3v) is 3.90. The molecular formula is C20H21N3O7. The third-order valence-electron chi connectivity index (χ3n) is 3.90. The summed E-state index contributed by atoms with van der Waals surface area (Å²) in [6.07, 6.45) is 0. The zero-order chi connectivity index (χ0) is 22.1. The number of hydrogen-bond acceptors (Lipinski definition) is 7. The maximum atomic E-state index is 12.0. The number of carbonyl (C=O) groups excluding carboxylic acids is 3. The number of aryl methyl sites for hydroxylation is 1. The van der Waals surface area contributed by atoms with Crippen LogP contribution in [0.2, 0.25) is 0 Å². The van der Waals surface area contributed by atoms with Crippen molar-refractivity contribution in [1.29, 1.82) is 0 Å². The Morgan fingerprint density at radius 2 is 1.80 bits per heavy atom. The van der Waals surface area contributed by atoms with Gasteiger partial charge in [0.05, 0.1) is 11.5 Å². The van der Waals surface area contributed by atoms with Gasteiger partial charge in [0.25, 0.3) is 17.5 Å². The highest BCUT2D eigenvalue weighted by Crippen LogP contribution is 2.27. The van der Waals surface area contributed by atoms with Crippen LogP contribution in [0.5, 0.6) is 5.75 Å². The lowest BCUT2D eigenvalue weighted by Gasteiger charge is -2.10. The minimum Gasteiger partial charge on any atom is -0.494 e. The fourth-order valence-electron chi connectivity index (χ4n) is 2.46. The van der Waals surface area contributed by atoms with Crippen LogP contribution in [0.25, 0.3) is 0 Å². The zero-order valence-corrected chi connectivity index (χ0v) is 16.5. The van der Waals surface area contributed by atoms with Crippen LogP contribution in [0, 0.1) is 17.0 Å². The monoisotopic (exact) mass is 415 g/mol. The minimum atomic E-state index is -0.830. The molecule has 0 bridgehead atoms. The summed E-state index contributed by atoms with van der Waals surface area (Å²) < 4.78 is 10.1. The number of rotatable bonds is 9. The fourth-order valence-corrected chi connectivity index (χ4v) is 2.46. The Kier molecular flexibility index (Phi) is 7.86. The van der Waals surface area contributed by atoms with Crippen molar-refractivity contribution in [3.05, 3.63) is 63.7 Å². The van der Waals surface area contributed by atoms with Crippen molar-refractivity contribution in [2.75, 3.05) is 25.1 Å². The predicted molar refractivity (Wildman–Crippen MR) is 107 cm³/mol. The minimum absolute atomic E-state index is 0.0346. The predicted octanol–water partition coefficient (Wildman–Crippen LogP) is 2.21. The SMILES string of the molecule is CCOc1ccc(C(=O)NCC(=O)OCC(=O)Nc2c(C)cccc2[N+](=O)[O-])cc1. The molecule has 0 aliphatic rings. The Morgan fingerprint density at radius 3 is 2.43 bits per heavy atom. The quantitative estimate of drug-likeness (QED) is 0.364. The number of benzene rings is 2. The molecule has 10 heteroatoms. The van der Waals surface area contributed by atoms with Crippen molar-refractivity contribution >= 4 is 29.2 Å². The van der Waals surface area contributed by atoms with Gasteiger partial charge in [0, 0.05) is 11.6 Å². The molecule has 0 aliphatic heterocycles. The van der Waals surface area contributed by atoms with Gasteiger partial charge in [-0.3, -0.25) is 24.5 Å². The van der Waals surface area contributed by atoms with Gasteiger partial charge in [0.1, 0.15) is 18.0 Å². The Bertz CT molecular complexity index is 942. The molecule has 2 aromatic carbocycles. The molecule has 0 fully saturated rings. The van der Waals surface area contributed by atoms with Gasteiger partial charge in [-0.1, -0.05) is 12.1 Å². The van der Waals surface area contributed by atoms with E-state index in [1.807, 2.05) is 6.92 Å². The van der Waals surface area contributed by atoms with E-state index in [2.05, 4.69) is 10.6 Å². The summed E-state index contributed by atoms with van der Waals surface area (Å²) in [6, 6.07) is 10.7. The summed E-state index contributed by atoms with van der Waals surface area (Å²) in [5, 5.41) is 15.8. The second kappa shape index (κ2) is 10.6.